The summed E-state index contributed by atoms with van der Waals surface area (Å²) in [7, 11) is 1.66. The Labute approximate surface area is 138 Å². The summed E-state index contributed by atoms with van der Waals surface area (Å²) in [5, 5.41) is 8.80. The fourth-order valence-electron chi connectivity index (χ4n) is 1.84. The highest BCUT2D eigenvalue weighted by Gasteiger charge is 2.19. The number of nitrogens with zero attached hydrogens (tertiary/aromatic N) is 2. The minimum atomic E-state index is -0.475. The maximum atomic E-state index is 12.3. The Hall–Kier alpha value is -2.45. The molecule has 2 rings (SSSR count). The molecule has 0 fully saturated rings. The van der Waals surface area contributed by atoms with Crippen LogP contribution in [-0.4, -0.2) is 10.4 Å². The number of hydrogen-bond acceptors (Lipinski definition) is 4. The fraction of sp³-hybridized carbons (Fsp3) is 0.278. The number of rotatable bonds is 2. The number of carbonyl (C=O) groups is 1. The van der Waals surface area contributed by atoms with Gasteiger partial charge in [0, 0.05) is 18.5 Å². The standard InChI is InChI=1S/C18H18N2O2S/c1-18(2,3)15(21)10-16-20(4)17(22)14(23-16)9-12-5-7-13(11-19)8-6-12/h5-10H,1-4H3/b14-9+,16-10-. The molecule has 0 saturated carbocycles. The van der Waals surface area contributed by atoms with Crippen LogP contribution in [0.2, 0.25) is 0 Å². The molecule has 0 bridgehead atoms. The number of benzene rings is 1. The number of thiazole rings is 1. The molecule has 1 heterocycles. The molecule has 5 heteroatoms. The van der Waals surface area contributed by atoms with Gasteiger partial charge in [-0.05, 0) is 23.8 Å². The first-order chi connectivity index (χ1) is 10.7. The maximum Gasteiger partial charge on any atom is 0.268 e. The number of Topliss-reactive ketones (excluding diaryl/α,β-unsaturated/α-hetero) is 1. The summed E-state index contributed by atoms with van der Waals surface area (Å²) in [5.41, 5.74) is 0.812. The van der Waals surface area contributed by atoms with Crippen LogP contribution in [0.1, 0.15) is 31.9 Å². The van der Waals surface area contributed by atoms with Crippen molar-refractivity contribution in [2.45, 2.75) is 20.8 Å². The van der Waals surface area contributed by atoms with Crippen LogP contribution >= 0.6 is 11.3 Å². The van der Waals surface area contributed by atoms with E-state index >= 15 is 0 Å². The molecule has 0 aliphatic heterocycles. The van der Waals surface area contributed by atoms with E-state index in [0.29, 0.717) is 14.8 Å². The number of ketones is 1. The van der Waals surface area contributed by atoms with Gasteiger partial charge in [-0.2, -0.15) is 5.26 Å². The molecule has 0 N–H and O–H groups in total. The van der Waals surface area contributed by atoms with E-state index < -0.39 is 5.41 Å². The van der Waals surface area contributed by atoms with E-state index in [1.165, 1.54) is 22.0 Å². The Bertz CT molecular complexity index is 949. The fourth-order valence-corrected chi connectivity index (χ4v) is 2.87. The lowest BCUT2D eigenvalue weighted by atomic mass is 9.91. The smallest absolute Gasteiger partial charge is 0.268 e. The first-order valence-corrected chi connectivity index (χ1v) is 7.98. The largest absolute Gasteiger partial charge is 0.302 e. The zero-order chi connectivity index (χ0) is 17.2. The topological polar surface area (TPSA) is 62.9 Å². The first-order valence-electron chi connectivity index (χ1n) is 7.16. The van der Waals surface area contributed by atoms with Crippen molar-refractivity contribution in [3.05, 3.63) is 54.9 Å². The van der Waals surface area contributed by atoms with Crippen molar-refractivity contribution in [2.75, 3.05) is 0 Å². The van der Waals surface area contributed by atoms with Crippen molar-refractivity contribution in [3.8, 4) is 6.07 Å². The molecule has 0 amide bonds. The molecule has 2 aromatic rings. The van der Waals surface area contributed by atoms with Gasteiger partial charge in [0.05, 0.1) is 16.2 Å². The monoisotopic (exact) mass is 326 g/mol. The van der Waals surface area contributed by atoms with Crippen molar-refractivity contribution in [2.24, 2.45) is 12.5 Å². The van der Waals surface area contributed by atoms with Crippen LogP contribution in [0.4, 0.5) is 0 Å². The molecule has 0 radical (unpaired) electrons. The Morgan fingerprint density at radius 2 is 1.87 bits per heavy atom. The molecule has 0 aliphatic rings. The van der Waals surface area contributed by atoms with Gasteiger partial charge in [-0.15, -0.1) is 11.3 Å². The second kappa shape index (κ2) is 6.35. The lowest BCUT2D eigenvalue weighted by Crippen LogP contribution is -2.30. The number of hydrogen-bond donors (Lipinski definition) is 0. The summed E-state index contributed by atoms with van der Waals surface area (Å²) in [6, 6.07) is 9.06. The highest BCUT2D eigenvalue weighted by Crippen LogP contribution is 2.14. The van der Waals surface area contributed by atoms with Crippen LogP contribution < -0.4 is 14.8 Å². The lowest BCUT2D eigenvalue weighted by Gasteiger charge is -2.12. The molecule has 0 aliphatic carbocycles. The van der Waals surface area contributed by atoms with Gasteiger partial charge in [0.15, 0.2) is 5.78 Å². The Morgan fingerprint density at radius 3 is 2.39 bits per heavy atom. The average Bonchev–Trinajstić information content (AvgIpc) is 2.75. The van der Waals surface area contributed by atoms with Gasteiger partial charge in [0.25, 0.3) is 5.56 Å². The van der Waals surface area contributed by atoms with Crippen molar-refractivity contribution in [1.82, 2.24) is 4.57 Å². The number of carbonyl (C=O) groups excluding carboxylic acids is 1. The Morgan fingerprint density at radius 1 is 1.26 bits per heavy atom. The van der Waals surface area contributed by atoms with Gasteiger partial charge >= 0.3 is 0 Å². The maximum absolute atomic E-state index is 12.3. The van der Waals surface area contributed by atoms with E-state index in [1.807, 2.05) is 20.8 Å². The Balaban J connectivity index is 2.54. The molecule has 0 atom stereocenters. The predicted molar refractivity (Wildman–Crippen MR) is 92.5 cm³/mol. The van der Waals surface area contributed by atoms with Crippen LogP contribution in [-0.2, 0) is 11.8 Å². The van der Waals surface area contributed by atoms with E-state index in [9.17, 15) is 9.59 Å². The molecule has 0 unspecified atom stereocenters. The number of aromatic nitrogens is 1. The minimum absolute atomic E-state index is 0.0146. The van der Waals surface area contributed by atoms with Crippen LogP contribution in [0.5, 0.6) is 0 Å². The van der Waals surface area contributed by atoms with Crippen LogP contribution in [0.25, 0.3) is 12.2 Å². The summed E-state index contributed by atoms with van der Waals surface area (Å²) < 4.78 is 2.68. The van der Waals surface area contributed by atoms with Gasteiger partial charge in [0.1, 0.15) is 4.66 Å². The third kappa shape index (κ3) is 3.85. The van der Waals surface area contributed by atoms with Crippen LogP contribution in [0.15, 0.2) is 29.1 Å². The summed E-state index contributed by atoms with van der Waals surface area (Å²) in [5.74, 6) is -0.0146. The van der Waals surface area contributed by atoms with E-state index in [4.69, 9.17) is 5.26 Å². The summed E-state index contributed by atoms with van der Waals surface area (Å²) in [4.78, 5) is 24.4. The molecule has 118 valence electrons. The van der Waals surface area contributed by atoms with Crippen LogP contribution in [0.3, 0.4) is 0 Å². The van der Waals surface area contributed by atoms with Gasteiger partial charge in [-0.25, -0.2) is 0 Å². The van der Waals surface area contributed by atoms with E-state index in [1.54, 1.807) is 37.4 Å². The zero-order valence-corrected chi connectivity index (χ0v) is 14.4. The molecular formula is C18H18N2O2S. The van der Waals surface area contributed by atoms with Gasteiger partial charge in [-0.3, -0.25) is 9.59 Å². The summed E-state index contributed by atoms with van der Waals surface area (Å²) in [6.45, 7) is 5.55. The SMILES string of the molecule is Cn1c(=O)/c(=C\c2ccc(C#N)cc2)s/c1=C\C(=O)C(C)(C)C. The average molecular weight is 326 g/mol. The predicted octanol–water partition coefficient (Wildman–Crippen LogP) is 1.54. The summed E-state index contributed by atoms with van der Waals surface area (Å²) >= 11 is 1.29. The molecule has 23 heavy (non-hydrogen) atoms. The second-order valence-corrected chi connectivity index (χ2v) is 7.37. The molecule has 1 aromatic heterocycles. The van der Waals surface area contributed by atoms with Crippen molar-refractivity contribution in [3.63, 3.8) is 0 Å². The lowest BCUT2D eigenvalue weighted by molar-refractivity contribution is -0.120. The highest BCUT2D eigenvalue weighted by atomic mass is 32.1. The van der Waals surface area contributed by atoms with Gasteiger partial charge < -0.3 is 4.57 Å². The van der Waals surface area contributed by atoms with Crippen LogP contribution in [0, 0.1) is 16.7 Å². The van der Waals surface area contributed by atoms with Crippen molar-refractivity contribution in [1.29, 1.82) is 5.26 Å². The third-order valence-electron chi connectivity index (χ3n) is 3.39. The normalized spacial score (nSPS) is 13.2. The molecule has 0 saturated heterocycles. The third-order valence-corrected chi connectivity index (χ3v) is 4.51. The summed E-state index contributed by atoms with van der Waals surface area (Å²) in [6.07, 6.45) is 3.30. The number of nitriles is 1. The van der Waals surface area contributed by atoms with Crippen molar-refractivity contribution < 1.29 is 4.79 Å². The van der Waals surface area contributed by atoms with Gasteiger partial charge in [0.2, 0.25) is 0 Å². The quantitative estimate of drug-likeness (QED) is 0.841. The second-order valence-electron chi connectivity index (χ2n) is 6.31. The first kappa shape index (κ1) is 16.9. The molecule has 1 aromatic carbocycles. The zero-order valence-electron chi connectivity index (χ0n) is 13.6. The van der Waals surface area contributed by atoms with Crippen molar-refractivity contribution >= 4 is 29.3 Å². The molecule has 4 nitrogen and oxygen atoms in total. The van der Waals surface area contributed by atoms with Gasteiger partial charge in [-0.1, -0.05) is 32.9 Å². The Kier molecular flexibility index (Phi) is 4.67. The van der Waals surface area contributed by atoms with E-state index in [-0.39, 0.29) is 11.3 Å². The molecule has 0 spiro atoms. The highest BCUT2D eigenvalue weighted by molar-refractivity contribution is 7.07. The van der Waals surface area contributed by atoms with E-state index in [2.05, 4.69) is 6.07 Å². The minimum Gasteiger partial charge on any atom is -0.302 e. The molecular weight excluding hydrogens is 308 g/mol. The van der Waals surface area contributed by atoms with E-state index in [0.717, 1.165) is 5.56 Å².